The first-order valence-electron chi connectivity index (χ1n) is 13.9. The van der Waals surface area contributed by atoms with E-state index in [2.05, 4.69) is 0 Å². The molecule has 4 nitrogen and oxygen atoms in total. The number of benzene rings is 2. The van der Waals surface area contributed by atoms with Gasteiger partial charge >= 0.3 is 12.1 Å². The molecule has 6 atom stereocenters. The first-order chi connectivity index (χ1) is 18.7. The maximum atomic E-state index is 14.9. The minimum atomic E-state index is -5.06. The molecule has 1 amide bonds. The quantitative estimate of drug-likeness (QED) is 0.410. The summed E-state index contributed by atoms with van der Waals surface area (Å²) in [4.78, 5) is 27.4. The Labute approximate surface area is 230 Å². The highest BCUT2D eigenvalue weighted by molar-refractivity contribution is 5.81. The Bertz CT molecular complexity index is 1290. The third-order valence-corrected chi connectivity index (χ3v) is 9.77. The van der Waals surface area contributed by atoms with Gasteiger partial charge in [-0.05, 0) is 92.2 Å². The van der Waals surface area contributed by atoms with E-state index in [1.165, 1.54) is 24.3 Å². The van der Waals surface area contributed by atoms with Crippen molar-refractivity contribution in [3.63, 3.8) is 0 Å². The number of rotatable bonds is 5. The summed E-state index contributed by atoms with van der Waals surface area (Å²) in [5, 5.41) is 9.44. The highest BCUT2D eigenvalue weighted by Crippen LogP contribution is 2.52. The summed E-state index contributed by atoms with van der Waals surface area (Å²) in [6, 6.07) is 10.0. The lowest BCUT2D eigenvalue weighted by Gasteiger charge is -2.45. The SMILES string of the molecule is C[C@@H]1CC(C(=O)O)CC[C@H]1C(=O)N1CC[C@@]2(Cc3ccc(F)cc3)c3ccc(C(C)(F)C(F)(F)F)cc3CC[C@@H]12. The number of alkyl halides is 4. The van der Waals surface area contributed by atoms with E-state index in [0.717, 1.165) is 11.1 Å². The van der Waals surface area contributed by atoms with Crippen LogP contribution in [0.3, 0.4) is 0 Å². The highest BCUT2D eigenvalue weighted by Gasteiger charge is 2.56. The molecule has 2 aromatic rings. The molecule has 0 spiro atoms. The molecule has 216 valence electrons. The second-order valence-electron chi connectivity index (χ2n) is 12.1. The van der Waals surface area contributed by atoms with Gasteiger partial charge in [0.1, 0.15) is 5.82 Å². The topological polar surface area (TPSA) is 57.6 Å². The van der Waals surface area contributed by atoms with Gasteiger partial charge in [0.15, 0.2) is 0 Å². The van der Waals surface area contributed by atoms with Crippen LogP contribution in [0, 0.1) is 23.6 Å². The second-order valence-corrected chi connectivity index (χ2v) is 12.1. The fraction of sp³-hybridized carbons (Fsp3) is 0.548. The Balaban J connectivity index is 1.51. The standard InChI is InChI=1S/C31H34F5NO3/c1-18-15-21(28(39)40)5-10-24(18)27(38)37-14-13-30(17-19-3-8-23(32)9-4-19)25-11-7-22(29(2,33)31(34,35)36)16-20(25)6-12-26(30)37/h3-4,7-9,11,16,18,21,24,26H,5-6,10,12-15,17H2,1-2H3,(H,39,40)/t18-,21?,24-,26-,29?,30-/m1/s1. The normalized spacial score (nSPS) is 29.8. The zero-order valence-electron chi connectivity index (χ0n) is 22.6. The molecule has 2 fully saturated rings. The Kier molecular flexibility index (Phi) is 7.24. The smallest absolute Gasteiger partial charge is 0.426 e. The van der Waals surface area contributed by atoms with E-state index in [0.29, 0.717) is 64.0 Å². The van der Waals surface area contributed by atoms with Crippen molar-refractivity contribution < 1.29 is 36.6 Å². The van der Waals surface area contributed by atoms with E-state index >= 15 is 0 Å². The van der Waals surface area contributed by atoms with Crippen LogP contribution in [0.15, 0.2) is 42.5 Å². The van der Waals surface area contributed by atoms with Gasteiger partial charge in [0.05, 0.1) is 5.92 Å². The summed E-state index contributed by atoms with van der Waals surface area (Å²) in [6.45, 7) is 2.91. The van der Waals surface area contributed by atoms with E-state index in [-0.39, 0.29) is 29.6 Å². The number of nitrogens with zero attached hydrogens (tertiary/aromatic N) is 1. The van der Waals surface area contributed by atoms with Crippen molar-refractivity contribution in [1.29, 1.82) is 0 Å². The summed E-state index contributed by atoms with van der Waals surface area (Å²) in [6.07, 6.45) is -1.73. The molecule has 1 aliphatic heterocycles. The molecule has 2 aliphatic carbocycles. The number of hydrogen-bond acceptors (Lipinski definition) is 2. The number of aliphatic carboxylic acids is 1. The van der Waals surface area contributed by atoms with Gasteiger partial charge in [-0.1, -0.05) is 37.3 Å². The lowest BCUT2D eigenvalue weighted by Crippen LogP contribution is -2.51. The number of likely N-dealkylation sites (tertiary alicyclic amines) is 1. The van der Waals surface area contributed by atoms with Crippen molar-refractivity contribution in [3.05, 3.63) is 70.5 Å². The molecule has 1 N–H and O–H groups in total. The van der Waals surface area contributed by atoms with E-state index in [9.17, 15) is 36.6 Å². The van der Waals surface area contributed by atoms with Crippen molar-refractivity contribution in [2.45, 2.75) is 82.1 Å². The number of carboxylic acids is 1. The fourth-order valence-electron chi connectivity index (χ4n) is 7.45. The van der Waals surface area contributed by atoms with Crippen molar-refractivity contribution in [2.24, 2.45) is 17.8 Å². The summed E-state index contributed by atoms with van der Waals surface area (Å²) < 4.78 is 69.1. The molecule has 1 heterocycles. The summed E-state index contributed by atoms with van der Waals surface area (Å²) in [5.74, 6) is -2.05. The van der Waals surface area contributed by atoms with Crippen LogP contribution < -0.4 is 0 Å². The van der Waals surface area contributed by atoms with Gasteiger partial charge in [0, 0.05) is 23.9 Å². The van der Waals surface area contributed by atoms with Crippen LogP contribution in [0.2, 0.25) is 0 Å². The number of aryl methyl sites for hydroxylation is 1. The van der Waals surface area contributed by atoms with E-state index in [1.807, 2.05) is 11.8 Å². The van der Waals surface area contributed by atoms with Gasteiger partial charge in [0.2, 0.25) is 11.6 Å². The van der Waals surface area contributed by atoms with Crippen molar-refractivity contribution in [3.8, 4) is 0 Å². The molecule has 9 heteroatoms. The van der Waals surface area contributed by atoms with Gasteiger partial charge in [-0.2, -0.15) is 13.2 Å². The Morgan fingerprint density at radius 1 is 1.05 bits per heavy atom. The monoisotopic (exact) mass is 563 g/mol. The van der Waals surface area contributed by atoms with Gasteiger partial charge in [-0.25, -0.2) is 8.78 Å². The molecule has 5 rings (SSSR count). The molecule has 0 radical (unpaired) electrons. The molecular formula is C31H34F5NO3. The van der Waals surface area contributed by atoms with Crippen molar-refractivity contribution >= 4 is 11.9 Å². The zero-order chi connectivity index (χ0) is 29.0. The zero-order valence-corrected chi connectivity index (χ0v) is 22.6. The minimum absolute atomic E-state index is 0.00389. The molecule has 40 heavy (non-hydrogen) atoms. The lowest BCUT2D eigenvalue weighted by atomic mass is 9.63. The predicted octanol–water partition coefficient (Wildman–Crippen LogP) is 6.74. The van der Waals surface area contributed by atoms with Crippen LogP contribution in [0.1, 0.15) is 68.2 Å². The molecule has 2 unspecified atom stereocenters. The van der Waals surface area contributed by atoms with Gasteiger partial charge in [-0.3, -0.25) is 9.59 Å². The number of halogens is 5. The third kappa shape index (κ3) is 4.79. The molecule has 0 bridgehead atoms. The maximum absolute atomic E-state index is 14.9. The van der Waals surface area contributed by atoms with E-state index in [1.54, 1.807) is 18.2 Å². The molecule has 0 aromatic heterocycles. The Morgan fingerprint density at radius 2 is 1.75 bits per heavy atom. The van der Waals surface area contributed by atoms with Crippen LogP contribution in [-0.4, -0.2) is 40.6 Å². The highest BCUT2D eigenvalue weighted by atomic mass is 19.4. The number of carbonyl (C=O) groups is 2. The Morgan fingerprint density at radius 3 is 2.38 bits per heavy atom. The van der Waals surface area contributed by atoms with Gasteiger partial charge < -0.3 is 10.0 Å². The predicted molar refractivity (Wildman–Crippen MR) is 139 cm³/mol. The average Bonchev–Trinajstić information content (AvgIpc) is 3.28. The summed E-state index contributed by atoms with van der Waals surface area (Å²) in [5.41, 5.74) is -2.25. The average molecular weight is 564 g/mol. The van der Waals surface area contributed by atoms with Crippen LogP contribution in [0.5, 0.6) is 0 Å². The number of carbonyl (C=O) groups excluding carboxylic acids is 1. The molecule has 1 saturated carbocycles. The molecule has 3 aliphatic rings. The first kappa shape index (κ1) is 28.6. The van der Waals surface area contributed by atoms with Crippen LogP contribution >= 0.6 is 0 Å². The van der Waals surface area contributed by atoms with Crippen molar-refractivity contribution in [1.82, 2.24) is 4.90 Å². The van der Waals surface area contributed by atoms with Crippen molar-refractivity contribution in [2.75, 3.05) is 6.54 Å². The van der Waals surface area contributed by atoms with E-state index < -0.39 is 34.7 Å². The number of fused-ring (bicyclic) bond motifs is 3. The summed E-state index contributed by atoms with van der Waals surface area (Å²) in [7, 11) is 0. The minimum Gasteiger partial charge on any atom is -0.481 e. The Hall–Kier alpha value is -2.97. The van der Waals surface area contributed by atoms with Gasteiger partial charge in [-0.15, -0.1) is 0 Å². The van der Waals surface area contributed by atoms with Crippen LogP contribution in [-0.2, 0) is 33.5 Å². The number of amides is 1. The third-order valence-electron chi connectivity index (χ3n) is 9.77. The molecule has 2 aromatic carbocycles. The summed E-state index contributed by atoms with van der Waals surface area (Å²) >= 11 is 0. The fourth-order valence-corrected chi connectivity index (χ4v) is 7.45. The largest absolute Gasteiger partial charge is 0.481 e. The number of hydrogen-bond donors (Lipinski definition) is 1. The van der Waals surface area contributed by atoms with Crippen LogP contribution in [0.4, 0.5) is 22.0 Å². The maximum Gasteiger partial charge on any atom is 0.426 e. The van der Waals surface area contributed by atoms with E-state index in [4.69, 9.17) is 0 Å². The molecular weight excluding hydrogens is 529 g/mol. The second kappa shape index (κ2) is 10.1. The number of carboxylic acid groups (broad SMARTS) is 1. The molecule has 1 saturated heterocycles. The first-order valence-corrected chi connectivity index (χ1v) is 13.9. The van der Waals surface area contributed by atoms with Crippen LogP contribution in [0.25, 0.3) is 0 Å². The van der Waals surface area contributed by atoms with Gasteiger partial charge in [0.25, 0.3) is 0 Å². The lowest BCUT2D eigenvalue weighted by molar-refractivity contribution is -0.228.